The van der Waals surface area contributed by atoms with Crippen LogP contribution in [0, 0.1) is 0 Å². The maximum Gasteiger partial charge on any atom is 0.186 e. The van der Waals surface area contributed by atoms with Crippen LogP contribution in [0.2, 0.25) is 0 Å². The number of nitrogens with zero attached hydrogens (tertiary/aromatic N) is 2. The fourth-order valence-electron chi connectivity index (χ4n) is 2.32. The maximum atomic E-state index is 6.08. The summed E-state index contributed by atoms with van der Waals surface area (Å²) in [6.45, 7) is 5.15. The van der Waals surface area contributed by atoms with E-state index in [1.807, 2.05) is 24.3 Å². The van der Waals surface area contributed by atoms with Crippen molar-refractivity contribution >= 4 is 32.4 Å². The summed E-state index contributed by atoms with van der Waals surface area (Å²) in [5.41, 5.74) is 9.12. The summed E-state index contributed by atoms with van der Waals surface area (Å²) < 4.78 is 1.22. The highest BCUT2D eigenvalue weighted by atomic mass is 32.1. The number of nitrogen functional groups attached to an aromatic ring is 1. The predicted molar refractivity (Wildman–Crippen MR) is 91.8 cm³/mol. The molecule has 2 aromatic carbocycles. The first-order chi connectivity index (χ1) is 10.1. The Hall–Kier alpha value is -2.07. The molecule has 4 heteroatoms. The molecule has 0 amide bonds. The molecule has 1 heterocycles. The molecule has 3 rings (SSSR count). The molecule has 0 spiro atoms. The van der Waals surface area contributed by atoms with Crippen molar-refractivity contribution in [1.29, 1.82) is 0 Å². The Kier molecular flexibility index (Phi) is 3.80. The molecule has 1 aromatic heterocycles. The Morgan fingerprint density at radius 1 is 1.10 bits per heavy atom. The Bertz CT molecular complexity index is 715. The van der Waals surface area contributed by atoms with Crippen LogP contribution in [-0.4, -0.2) is 11.0 Å². The number of hydrogen-bond donors (Lipinski definition) is 1. The van der Waals surface area contributed by atoms with E-state index in [0.29, 0.717) is 6.04 Å². The van der Waals surface area contributed by atoms with Gasteiger partial charge in [-0.15, -0.1) is 0 Å². The van der Waals surface area contributed by atoms with E-state index >= 15 is 0 Å². The van der Waals surface area contributed by atoms with Crippen LogP contribution in [0.1, 0.15) is 19.4 Å². The van der Waals surface area contributed by atoms with Crippen LogP contribution < -0.4 is 10.6 Å². The zero-order chi connectivity index (χ0) is 14.8. The van der Waals surface area contributed by atoms with Crippen molar-refractivity contribution in [2.45, 2.75) is 26.4 Å². The maximum absolute atomic E-state index is 6.08. The molecule has 108 valence electrons. The monoisotopic (exact) mass is 297 g/mol. The predicted octanol–water partition coefficient (Wildman–Crippen LogP) is 4.29. The molecule has 3 nitrogen and oxygen atoms in total. The van der Waals surface area contributed by atoms with Crippen molar-refractivity contribution < 1.29 is 0 Å². The van der Waals surface area contributed by atoms with E-state index in [4.69, 9.17) is 10.7 Å². The van der Waals surface area contributed by atoms with Crippen LogP contribution in [-0.2, 0) is 6.54 Å². The van der Waals surface area contributed by atoms with Crippen molar-refractivity contribution in [3.8, 4) is 0 Å². The second-order valence-corrected chi connectivity index (χ2v) is 6.39. The van der Waals surface area contributed by atoms with Gasteiger partial charge in [-0.25, -0.2) is 4.98 Å². The standard InChI is InChI=1S/C17H19N3S/c1-12(2)20(11-13-7-3-4-8-14(13)18)17-19-15-9-5-6-10-16(15)21-17/h3-10,12H,11,18H2,1-2H3. The lowest BCUT2D eigenvalue weighted by Gasteiger charge is -2.26. The van der Waals surface area contributed by atoms with Gasteiger partial charge in [-0.1, -0.05) is 41.7 Å². The Balaban J connectivity index is 1.96. The summed E-state index contributed by atoms with van der Waals surface area (Å²) in [6.07, 6.45) is 0. The van der Waals surface area contributed by atoms with Gasteiger partial charge in [0.25, 0.3) is 0 Å². The van der Waals surface area contributed by atoms with Crippen molar-refractivity contribution in [3.63, 3.8) is 0 Å². The minimum absolute atomic E-state index is 0.366. The first-order valence-corrected chi connectivity index (χ1v) is 7.92. The van der Waals surface area contributed by atoms with E-state index in [2.05, 4.69) is 43.0 Å². The van der Waals surface area contributed by atoms with Gasteiger partial charge in [-0.05, 0) is 37.6 Å². The van der Waals surface area contributed by atoms with Gasteiger partial charge in [0, 0.05) is 18.3 Å². The third-order valence-corrected chi connectivity index (χ3v) is 4.62. The highest BCUT2D eigenvalue weighted by molar-refractivity contribution is 7.22. The Morgan fingerprint density at radius 2 is 1.81 bits per heavy atom. The number of nitrogens with two attached hydrogens (primary N) is 1. The second-order valence-electron chi connectivity index (χ2n) is 5.38. The lowest BCUT2D eigenvalue weighted by molar-refractivity contribution is 0.681. The van der Waals surface area contributed by atoms with Crippen molar-refractivity contribution in [2.24, 2.45) is 0 Å². The van der Waals surface area contributed by atoms with E-state index in [0.717, 1.165) is 28.4 Å². The molecule has 0 fully saturated rings. The quantitative estimate of drug-likeness (QED) is 0.730. The number of benzene rings is 2. The molecule has 2 N–H and O–H groups in total. The van der Waals surface area contributed by atoms with Crippen molar-refractivity contribution in [2.75, 3.05) is 10.6 Å². The molecule has 0 bridgehead atoms. The average Bonchev–Trinajstić information content (AvgIpc) is 2.89. The van der Waals surface area contributed by atoms with Crippen molar-refractivity contribution in [3.05, 3.63) is 54.1 Å². The number of anilines is 2. The molecule has 0 saturated carbocycles. The number of rotatable bonds is 4. The van der Waals surface area contributed by atoms with Crippen LogP contribution >= 0.6 is 11.3 Å². The minimum atomic E-state index is 0.366. The number of thiazole rings is 1. The van der Waals surface area contributed by atoms with Gasteiger partial charge in [0.1, 0.15) is 0 Å². The number of aromatic nitrogens is 1. The molecule has 0 aliphatic carbocycles. The molecule has 0 aliphatic rings. The van der Waals surface area contributed by atoms with Crippen LogP contribution in [0.3, 0.4) is 0 Å². The summed E-state index contributed by atoms with van der Waals surface area (Å²) in [7, 11) is 0. The first kappa shape index (κ1) is 13.9. The zero-order valence-corrected chi connectivity index (χ0v) is 13.1. The van der Waals surface area contributed by atoms with Gasteiger partial charge < -0.3 is 10.6 Å². The molecule has 0 radical (unpaired) electrons. The van der Waals surface area contributed by atoms with E-state index in [1.165, 1.54) is 4.70 Å². The number of hydrogen-bond acceptors (Lipinski definition) is 4. The van der Waals surface area contributed by atoms with Crippen LogP contribution in [0.4, 0.5) is 10.8 Å². The largest absolute Gasteiger partial charge is 0.398 e. The van der Waals surface area contributed by atoms with Gasteiger partial charge in [0.15, 0.2) is 5.13 Å². The van der Waals surface area contributed by atoms with Crippen molar-refractivity contribution in [1.82, 2.24) is 4.98 Å². The molecular weight excluding hydrogens is 278 g/mol. The molecule has 3 aromatic rings. The summed E-state index contributed by atoms with van der Waals surface area (Å²) in [5.74, 6) is 0. The van der Waals surface area contributed by atoms with Gasteiger partial charge in [-0.3, -0.25) is 0 Å². The number of para-hydroxylation sites is 2. The van der Waals surface area contributed by atoms with E-state index in [9.17, 15) is 0 Å². The molecule has 0 unspecified atom stereocenters. The average molecular weight is 297 g/mol. The van der Waals surface area contributed by atoms with Gasteiger partial charge in [-0.2, -0.15) is 0 Å². The number of fused-ring (bicyclic) bond motifs is 1. The first-order valence-electron chi connectivity index (χ1n) is 7.11. The van der Waals surface area contributed by atoms with Crippen LogP contribution in [0.15, 0.2) is 48.5 Å². The SMILES string of the molecule is CC(C)N(Cc1ccccc1N)c1nc2ccccc2s1. The highest BCUT2D eigenvalue weighted by Gasteiger charge is 2.16. The molecular formula is C17H19N3S. The van der Waals surface area contributed by atoms with Gasteiger partial charge in [0.2, 0.25) is 0 Å². The summed E-state index contributed by atoms with van der Waals surface area (Å²) in [4.78, 5) is 7.07. The Morgan fingerprint density at radius 3 is 2.52 bits per heavy atom. The summed E-state index contributed by atoms with van der Waals surface area (Å²) >= 11 is 1.73. The lowest BCUT2D eigenvalue weighted by atomic mass is 10.1. The van der Waals surface area contributed by atoms with E-state index < -0.39 is 0 Å². The third-order valence-electron chi connectivity index (χ3n) is 3.55. The highest BCUT2D eigenvalue weighted by Crippen LogP contribution is 2.31. The summed E-state index contributed by atoms with van der Waals surface area (Å²) in [5, 5.41) is 1.05. The minimum Gasteiger partial charge on any atom is -0.398 e. The molecule has 0 aliphatic heterocycles. The van der Waals surface area contributed by atoms with E-state index in [1.54, 1.807) is 11.3 Å². The second kappa shape index (κ2) is 5.74. The normalized spacial score (nSPS) is 11.2. The van der Waals surface area contributed by atoms with Crippen LogP contribution in [0.5, 0.6) is 0 Å². The fraction of sp³-hybridized carbons (Fsp3) is 0.235. The smallest absolute Gasteiger partial charge is 0.186 e. The fourth-order valence-corrected chi connectivity index (χ4v) is 3.41. The Labute approximate surface area is 129 Å². The third kappa shape index (κ3) is 2.85. The van der Waals surface area contributed by atoms with Crippen LogP contribution in [0.25, 0.3) is 10.2 Å². The summed E-state index contributed by atoms with van der Waals surface area (Å²) in [6, 6.07) is 16.7. The lowest BCUT2D eigenvalue weighted by Crippen LogP contribution is -2.30. The molecule has 21 heavy (non-hydrogen) atoms. The van der Waals surface area contributed by atoms with E-state index in [-0.39, 0.29) is 0 Å². The van der Waals surface area contributed by atoms with Gasteiger partial charge >= 0.3 is 0 Å². The zero-order valence-electron chi connectivity index (χ0n) is 12.3. The van der Waals surface area contributed by atoms with Gasteiger partial charge in [0.05, 0.1) is 10.2 Å². The topological polar surface area (TPSA) is 42.1 Å². The molecule has 0 saturated heterocycles. The molecule has 0 atom stereocenters.